The van der Waals surface area contributed by atoms with E-state index in [1.165, 1.54) is 24.3 Å². The molecule has 35 heavy (non-hydrogen) atoms. The molecule has 7 nitrogen and oxygen atoms in total. The van der Waals surface area contributed by atoms with Crippen LogP contribution >= 0.6 is 0 Å². The monoisotopic (exact) mass is 476 g/mol. The predicted octanol–water partition coefficient (Wildman–Crippen LogP) is 3.74. The van der Waals surface area contributed by atoms with Crippen LogP contribution in [0.2, 0.25) is 0 Å². The molecular weight excluding hydrogens is 451 g/mol. The molecule has 3 aromatic rings. The molecule has 5 rings (SSSR count). The van der Waals surface area contributed by atoms with Gasteiger partial charge in [0.05, 0.1) is 13.0 Å². The number of nitrogens with one attached hydrogen (secondary N) is 1. The molecule has 8 heteroatoms. The van der Waals surface area contributed by atoms with Crippen molar-refractivity contribution in [3.63, 3.8) is 0 Å². The molecule has 1 fully saturated rings. The Hall–Kier alpha value is -4.07. The van der Waals surface area contributed by atoms with E-state index in [-0.39, 0.29) is 31.1 Å². The van der Waals surface area contributed by atoms with Crippen LogP contribution in [0.3, 0.4) is 0 Å². The van der Waals surface area contributed by atoms with Gasteiger partial charge in [-0.1, -0.05) is 24.3 Å². The van der Waals surface area contributed by atoms with Gasteiger partial charge in [0.15, 0.2) is 11.5 Å². The van der Waals surface area contributed by atoms with Crippen LogP contribution in [0.5, 0.6) is 17.2 Å². The van der Waals surface area contributed by atoms with Crippen LogP contribution in [0, 0.1) is 11.7 Å². The number of amides is 2. The van der Waals surface area contributed by atoms with Gasteiger partial charge >= 0.3 is 0 Å². The van der Waals surface area contributed by atoms with E-state index in [0.717, 1.165) is 11.1 Å². The summed E-state index contributed by atoms with van der Waals surface area (Å²) in [7, 11) is 1.59. The molecule has 2 heterocycles. The van der Waals surface area contributed by atoms with Gasteiger partial charge in [-0.2, -0.15) is 0 Å². The van der Waals surface area contributed by atoms with Crippen molar-refractivity contribution in [3.8, 4) is 17.2 Å². The maximum absolute atomic E-state index is 13.4. The number of para-hydroxylation sites is 1. The molecule has 2 amide bonds. The van der Waals surface area contributed by atoms with Crippen molar-refractivity contribution in [1.82, 2.24) is 10.2 Å². The van der Waals surface area contributed by atoms with E-state index in [4.69, 9.17) is 14.2 Å². The summed E-state index contributed by atoms with van der Waals surface area (Å²) < 4.78 is 29.7. The highest BCUT2D eigenvalue weighted by molar-refractivity contribution is 5.95. The van der Waals surface area contributed by atoms with Crippen molar-refractivity contribution in [2.45, 2.75) is 12.5 Å². The van der Waals surface area contributed by atoms with Gasteiger partial charge in [-0.05, 0) is 53.6 Å². The van der Waals surface area contributed by atoms with E-state index in [1.807, 2.05) is 42.5 Å². The SMILES string of the molecule is COc1ccccc1[C@H]1CN(C(=O)c2ccc(F)cc2)C[C@H]1C(=O)NCc1ccc2c(c1)OCO2. The summed E-state index contributed by atoms with van der Waals surface area (Å²) in [6.45, 7) is 1.09. The number of nitrogens with zero attached hydrogens (tertiary/aromatic N) is 1. The highest BCUT2D eigenvalue weighted by Crippen LogP contribution is 2.38. The fourth-order valence-electron chi connectivity index (χ4n) is 4.67. The largest absolute Gasteiger partial charge is 0.496 e. The summed E-state index contributed by atoms with van der Waals surface area (Å²) in [5.41, 5.74) is 2.13. The number of carbonyl (C=O) groups excluding carboxylic acids is 2. The van der Waals surface area contributed by atoms with Gasteiger partial charge in [-0.25, -0.2) is 4.39 Å². The quantitative estimate of drug-likeness (QED) is 0.587. The highest BCUT2D eigenvalue weighted by Gasteiger charge is 2.41. The predicted molar refractivity (Wildman–Crippen MR) is 126 cm³/mol. The third-order valence-corrected chi connectivity index (χ3v) is 6.48. The average molecular weight is 477 g/mol. The van der Waals surface area contributed by atoms with Gasteiger partial charge in [0.2, 0.25) is 12.7 Å². The number of rotatable bonds is 6. The minimum atomic E-state index is -0.482. The number of ether oxygens (including phenoxy) is 3. The van der Waals surface area contributed by atoms with E-state index >= 15 is 0 Å². The molecule has 3 aromatic carbocycles. The fourth-order valence-corrected chi connectivity index (χ4v) is 4.67. The van der Waals surface area contributed by atoms with Crippen molar-refractivity contribution in [2.75, 3.05) is 27.0 Å². The summed E-state index contributed by atoms with van der Waals surface area (Å²) in [4.78, 5) is 28.2. The summed E-state index contributed by atoms with van der Waals surface area (Å²) in [5, 5.41) is 3.01. The number of hydrogen-bond donors (Lipinski definition) is 1. The number of hydrogen-bond acceptors (Lipinski definition) is 5. The molecule has 0 aromatic heterocycles. The van der Waals surface area contributed by atoms with Gasteiger partial charge in [0.25, 0.3) is 5.91 Å². The zero-order valence-corrected chi connectivity index (χ0v) is 19.2. The zero-order valence-electron chi connectivity index (χ0n) is 19.2. The lowest BCUT2D eigenvalue weighted by atomic mass is 9.87. The minimum absolute atomic E-state index is 0.159. The Bertz CT molecular complexity index is 1250. The highest BCUT2D eigenvalue weighted by atomic mass is 19.1. The fraction of sp³-hybridized carbons (Fsp3) is 0.259. The second-order valence-corrected chi connectivity index (χ2v) is 8.58. The Kier molecular flexibility index (Phi) is 6.27. The maximum atomic E-state index is 13.4. The zero-order chi connectivity index (χ0) is 24.4. The lowest BCUT2D eigenvalue weighted by molar-refractivity contribution is -0.125. The molecule has 2 aliphatic heterocycles. The van der Waals surface area contributed by atoms with Gasteiger partial charge in [0.1, 0.15) is 11.6 Å². The van der Waals surface area contributed by atoms with Crippen molar-refractivity contribution < 1.29 is 28.2 Å². The Labute approximate surface area is 202 Å². The van der Waals surface area contributed by atoms with Crippen molar-refractivity contribution in [2.24, 2.45) is 5.92 Å². The Morgan fingerprint density at radius 3 is 2.60 bits per heavy atom. The number of methoxy groups -OCH3 is 1. The summed E-state index contributed by atoms with van der Waals surface area (Å²) in [6, 6.07) is 18.5. The summed E-state index contributed by atoms with van der Waals surface area (Å²) >= 11 is 0. The molecule has 0 bridgehead atoms. The average Bonchev–Trinajstić information content (AvgIpc) is 3.54. The van der Waals surface area contributed by atoms with Gasteiger partial charge in [0, 0.05) is 31.1 Å². The van der Waals surface area contributed by atoms with Crippen LogP contribution in [-0.4, -0.2) is 43.7 Å². The Balaban J connectivity index is 1.36. The second kappa shape index (κ2) is 9.66. The molecule has 0 radical (unpaired) electrons. The number of carbonyl (C=O) groups is 2. The molecule has 0 unspecified atom stereocenters. The molecule has 2 atom stereocenters. The van der Waals surface area contributed by atoms with Crippen LogP contribution in [0.4, 0.5) is 4.39 Å². The third-order valence-electron chi connectivity index (χ3n) is 6.48. The first-order chi connectivity index (χ1) is 17.0. The molecule has 0 saturated carbocycles. The van der Waals surface area contributed by atoms with E-state index in [1.54, 1.807) is 12.0 Å². The molecular formula is C27H25FN2O5. The Morgan fingerprint density at radius 1 is 1.03 bits per heavy atom. The number of fused-ring (bicyclic) bond motifs is 1. The van der Waals surface area contributed by atoms with Crippen molar-refractivity contribution >= 4 is 11.8 Å². The maximum Gasteiger partial charge on any atom is 0.253 e. The summed E-state index contributed by atoms with van der Waals surface area (Å²) in [5.74, 6) is 0.460. The number of benzene rings is 3. The van der Waals surface area contributed by atoms with Crippen molar-refractivity contribution in [1.29, 1.82) is 0 Å². The first-order valence-electron chi connectivity index (χ1n) is 11.4. The van der Waals surface area contributed by atoms with E-state index < -0.39 is 11.7 Å². The molecule has 2 aliphatic rings. The van der Waals surface area contributed by atoms with Crippen LogP contribution in [0.15, 0.2) is 66.7 Å². The van der Waals surface area contributed by atoms with E-state index in [9.17, 15) is 14.0 Å². The normalized spacial score (nSPS) is 18.4. The first-order valence-corrected chi connectivity index (χ1v) is 11.4. The van der Waals surface area contributed by atoms with Crippen molar-refractivity contribution in [3.05, 3.63) is 89.2 Å². The number of likely N-dealkylation sites (tertiary alicyclic amines) is 1. The first kappa shape index (κ1) is 22.7. The Morgan fingerprint density at radius 2 is 1.80 bits per heavy atom. The standard InChI is InChI=1S/C27H25FN2O5/c1-33-23-5-3-2-4-20(23)21-14-30(27(32)18-7-9-19(28)10-8-18)15-22(21)26(31)29-13-17-6-11-24-25(12-17)35-16-34-24/h2-12,21-22H,13-16H2,1H3,(H,29,31)/t21-,22-/m1/s1. The van der Waals surface area contributed by atoms with Gasteiger partial charge in [-0.15, -0.1) is 0 Å². The second-order valence-electron chi connectivity index (χ2n) is 8.58. The topological polar surface area (TPSA) is 77.1 Å². The molecule has 0 aliphatic carbocycles. The van der Waals surface area contributed by atoms with E-state index in [0.29, 0.717) is 35.9 Å². The minimum Gasteiger partial charge on any atom is -0.496 e. The smallest absolute Gasteiger partial charge is 0.253 e. The van der Waals surface area contributed by atoms with Gasteiger partial charge < -0.3 is 24.4 Å². The third kappa shape index (κ3) is 4.64. The molecule has 1 saturated heterocycles. The summed E-state index contributed by atoms with van der Waals surface area (Å²) in [6.07, 6.45) is 0. The van der Waals surface area contributed by atoms with Crippen LogP contribution in [0.25, 0.3) is 0 Å². The van der Waals surface area contributed by atoms with E-state index in [2.05, 4.69) is 5.32 Å². The van der Waals surface area contributed by atoms with Gasteiger partial charge in [-0.3, -0.25) is 9.59 Å². The van der Waals surface area contributed by atoms with Crippen LogP contribution in [-0.2, 0) is 11.3 Å². The van der Waals surface area contributed by atoms with Crippen LogP contribution < -0.4 is 19.5 Å². The van der Waals surface area contributed by atoms with Crippen LogP contribution in [0.1, 0.15) is 27.4 Å². The molecule has 0 spiro atoms. The number of halogens is 1. The molecule has 180 valence electrons. The molecule has 1 N–H and O–H groups in total. The lowest BCUT2D eigenvalue weighted by Gasteiger charge is -2.20. The lowest BCUT2D eigenvalue weighted by Crippen LogP contribution is -2.35.